The zero-order chi connectivity index (χ0) is 12.6. The maximum atomic E-state index is 12.4. The summed E-state index contributed by atoms with van der Waals surface area (Å²) < 4.78 is 26.1. The molecule has 0 aliphatic carbocycles. The van der Waals surface area contributed by atoms with Crippen LogP contribution in [0.5, 0.6) is 0 Å². The van der Waals surface area contributed by atoms with Gasteiger partial charge in [0.1, 0.15) is 0 Å². The smallest absolute Gasteiger partial charge is 0.243 e. The predicted octanol–water partition coefficient (Wildman–Crippen LogP) is 1.66. The fourth-order valence-electron chi connectivity index (χ4n) is 1.78. The number of rotatable bonds is 3. The maximum absolute atomic E-state index is 12.4. The minimum Gasteiger partial charge on any atom is -0.313 e. The summed E-state index contributed by atoms with van der Waals surface area (Å²) in [7, 11) is -1.79. The molecule has 102 valence electrons. The lowest BCUT2D eigenvalue weighted by Crippen LogP contribution is -2.57. The molecule has 1 aromatic rings. The second-order valence-electron chi connectivity index (χ2n) is 4.24. The van der Waals surface area contributed by atoms with Gasteiger partial charge in [-0.05, 0) is 30.7 Å². The Balaban J connectivity index is 0.00000162. The van der Waals surface area contributed by atoms with Crippen LogP contribution in [0.15, 0.2) is 23.1 Å². The summed E-state index contributed by atoms with van der Waals surface area (Å²) >= 11 is 5.83. The van der Waals surface area contributed by atoms with Crippen LogP contribution in [0.1, 0.15) is 5.56 Å². The summed E-state index contributed by atoms with van der Waals surface area (Å²) in [4.78, 5) is 0.330. The quantitative estimate of drug-likeness (QED) is 0.924. The van der Waals surface area contributed by atoms with Gasteiger partial charge in [-0.15, -0.1) is 12.4 Å². The number of aryl methyl sites for hydroxylation is 1. The van der Waals surface area contributed by atoms with Crippen LogP contribution >= 0.6 is 24.0 Å². The minimum absolute atomic E-state index is 0. The third kappa shape index (κ3) is 2.81. The van der Waals surface area contributed by atoms with Crippen molar-refractivity contribution in [2.24, 2.45) is 0 Å². The molecule has 4 nitrogen and oxygen atoms in total. The first-order valence-electron chi connectivity index (χ1n) is 5.38. The number of benzene rings is 1. The Morgan fingerprint density at radius 3 is 2.44 bits per heavy atom. The maximum Gasteiger partial charge on any atom is 0.243 e. The monoisotopic (exact) mass is 310 g/mol. The largest absolute Gasteiger partial charge is 0.313 e. The molecule has 1 heterocycles. The summed E-state index contributed by atoms with van der Waals surface area (Å²) in [5.41, 5.74) is 0.677. The molecule has 1 N–H and O–H groups in total. The SMILES string of the molecule is Cc1cc(Cl)ccc1S(=O)(=O)N(C)C1CNC1.Cl. The molecule has 0 unspecified atom stereocenters. The van der Waals surface area contributed by atoms with Gasteiger partial charge in [0.15, 0.2) is 0 Å². The molecular weight excluding hydrogens is 295 g/mol. The van der Waals surface area contributed by atoms with Gasteiger partial charge in [-0.3, -0.25) is 0 Å². The molecule has 0 amide bonds. The summed E-state index contributed by atoms with van der Waals surface area (Å²) in [6, 6.07) is 4.89. The van der Waals surface area contributed by atoms with E-state index in [0.29, 0.717) is 28.6 Å². The Morgan fingerprint density at radius 1 is 1.39 bits per heavy atom. The average Bonchev–Trinajstić information content (AvgIpc) is 2.13. The predicted molar refractivity (Wildman–Crippen MR) is 75.0 cm³/mol. The minimum atomic E-state index is -3.41. The van der Waals surface area contributed by atoms with E-state index >= 15 is 0 Å². The van der Waals surface area contributed by atoms with E-state index < -0.39 is 10.0 Å². The van der Waals surface area contributed by atoms with Crippen LogP contribution in [0.2, 0.25) is 5.02 Å². The second kappa shape index (κ2) is 5.75. The van der Waals surface area contributed by atoms with Gasteiger partial charge in [-0.2, -0.15) is 4.31 Å². The molecule has 1 saturated heterocycles. The van der Waals surface area contributed by atoms with E-state index in [9.17, 15) is 8.42 Å². The van der Waals surface area contributed by atoms with Crippen LogP contribution in [0.4, 0.5) is 0 Å². The van der Waals surface area contributed by atoms with E-state index in [-0.39, 0.29) is 18.4 Å². The average molecular weight is 311 g/mol. The van der Waals surface area contributed by atoms with Gasteiger partial charge >= 0.3 is 0 Å². The van der Waals surface area contributed by atoms with E-state index in [2.05, 4.69) is 5.32 Å². The number of likely N-dealkylation sites (N-methyl/N-ethyl adjacent to an activating group) is 1. The first kappa shape index (κ1) is 15.7. The number of hydrogen-bond donors (Lipinski definition) is 1. The van der Waals surface area contributed by atoms with Gasteiger partial charge in [0.2, 0.25) is 10.0 Å². The molecule has 0 saturated carbocycles. The van der Waals surface area contributed by atoms with Crippen molar-refractivity contribution in [1.82, 2.24) is 9.62 Å². The Hall–Kier alpha value is -0.330. The van der Waals surface area contributed by atoms with Crippen LogP contribution in [-0.2, 0) is 10.0 Å². The van der Waals surface area contributed by atoms with Crippen LogP contribution in [-0.4, -0.2) is 38.9 Å². The normalized spacial score (nSPS) is 16.2. The lowest BCUT2D eigenvalue weighted by Gasteiger charge is -2.34. The lowest BCUT2D eigenvalue weighted by molar-refractivity contribution is 0.274. The van der Waals surface area contributed by atoms with Gasteiger partial charge in [0, 0.05) is 31.2 Å². The molecule has 7 heteroatoms. The third-order valence-electron chi connectivity index (χ3n) is 3.07. The van der Waals surface area contributed by atoms with Crippen molar-refractivity contribution in [2.45, 2.75) is 17.9 Å². The molecule has 0 bridgehead atoms. The number of halogens is 2. The van der Waals surface area contributed by atoms with E-state index in [4.69, 9.17) is 11.6 Å². The first-order chi connectivity index (χ1) is 7.93. The van der Waals surface area contributed by atoms with Gasteiger partial charge < -0.3 is 5.32 Å². The van der Waals surface area contributed by atoms with E-state index in [1.54, 1.807) is 32.2 Å². The van der Waals surface area contributed by atoms with E-state index in [1.807, 2.05) is 0 Å². The fraction of sp³-hybridized carbons (Fsp3) is 0.455. The van der Waals surface area contributed by atoms with Crippen molar-refractivity contribution in [1.29, 1.82) is 0 Å². The summed E-state index contributed by atoms with van der Waals surface area (Å²) in [5.74, 6) is 0. The van der Waals surface area contributed by atoms with Crippen molar-refractivity contribution in [3.8, 4) is 0 Å². The highest BCUT2D eigenvalue weighted by Gasteiger charge is 2.32. The van der Waals surface area contributed by atoms with Crippen LogP contribution in [0, 0.1) is 6.92 Å². The molecule has 18 heavy (non-hydrogen) atoms. The zero-order valence-corrected chi connectivity index (χ0v) is 12.6. The van der Waals surface area contributed by atoms with Crippen molar-refractivity contribution in [2.75, 3.05) is 20.1 Å². The Labute approximate surface area is 119 Å². The Bertz CT molecular complexity index is 530. The van der Waals surface area contributed by atoms with Gasteiger partial charge in [0.05, 0.1) is 4.90 Å². The molecule has 1 fully saturated rings. The molecule has 0 aromatic heterocycles. The molecule has 0 atom stereocenters. The van der Waals surface area contributed by atoms with Crippen LogP contribution in [0.25, 0.3) is 0 Å². The van der Waals surface area contributed by atoms with Gasteiger partial charge in [-0.1, -0.05) is 11.6 Å². The molecule has 1 aromatic carbocycles. The Morgan fingerprint density at radius 2 is 2.00 bits per heavy atom. The topological polar surface area (TPSA) is 49.4 Å². The standard InChI is InChI=1S/C11H15ClN2O2S.ClH/c1-8-5-9(12)3-4-11(8)17(15,16)14(2)10-6-13-7-10;/h3-5,10,13H,6-7H2,1-2H3;1H. The summed E-state index contributed by atoms with van der Waals surface area (Å²) in [6.45, 7) is 3.18. The van der Waals surface area contributed by atoms with Gasteiger partial charge in [0.25, 0.3) is 0 Å². The fourth-order valence-corrected chi connectivity index (χ4v) is 3.57. The molecule has 1 aliphatic rings. The van der Waals surface area contributed by atoms with Gasteiger partial charge in [-0.25, -0.2) is 8.42 Å². The second-order valence-corrected chi connectivity index (χ2v) is 6.65. The third-order valence-corrected chi connectivity index (χ3v) is 5.37. The molecule has 2 rings (SSSR count). The van der Waals surface area contributed by atoms with Crippen molar-refractivity contribution >= 4 is 34.0 Å². The Kier molecular flexibility index (Phi) is 5.03. The number of nitrogens with zero attached hydrogens (tertiary/aromatic N) is 1. The zero-order valence-electron chi connectivity index (χ0n) is 10.2. The number of hydrogen-bond acceptors (Lipinski definition) is 3. The summed E-state index contributed by atoms with van der Waals surface area (Å²) in [5, 5.41) is 3.61. The molecule has 0 radical (unpaired) electrons. The lowest BCUT2D eigenvalue weighted by atomic mass is 10.2. The van der Waals surface area contributed by atoms with Crippen LogP contribution < -0.4 is 5.32 Å². The highest BCUT2D eigenvalue weighted by molar-refractivity contribution is 7.89. The van der Waals surface area contributed by atoms with Crippen molar-refractivity contribution in [3.63, 3.8) is 0 Å². The van der Waals surface area contributed by atoms with Crippen molar-refractivity contribution in [3.05, 3.63) is 28.8 Å². The number of nitrogens with one attached hydrogen (secondary N) is 1. The first-order valence-corrected chi connectivity index (χ1v) is 7.19. The molecule has 0 spiro atoms. The molecular formula is C11H16Cl2N2O2S. The van der Waals surface area contributed by atoms with Crippen LogP contribution in [0.3, 0.4) is 0 Å². The highest BCUT2D eigenvalue weighted by atomic mass is 35.5. The van der Waals surface area contributed by atoms with E-state index in [0.717, 1.165) is 0 Å². The summed E-state index contributed by atoms with van der Waals surface area (Å²) in [6.07, 6.45) is 0. The number of sulfonamides is 1. The van der Waals surface area contributed by atoms with E-state index in [1.165, 1.54) is 4.31 Å². The highest BCUT2D eigenvalue weighted by Crippen LogP contribution is 2.24. The molecule has 1 aliphatic heterocycles. The van der Waals surface area contributed by atoms with Crippen molar-refractivity contribution < 1.29 is 8.42 Å².